The Hall–Kier alpha value is -3.45. The van der Waals surface area contributed by atoms with Crippen LogP contribution in [0.4, 0.5) is 5.69 Å². The van der Waals surface area contributed by atoms with Gasteiger partial charge in [-0.1, -0.05) is 53.6 Å². The van der Waals surface area contributed by atoms with Crippen molar-refractivity contribution in [3.63, 3.8) is 0 Å². The van der Waals surface area contributed by atoms with E-state index in [1.165, 1.54) is 18.2 Å². The van der Waals surface area contributed by atoms with Gasteiger partial charge in [0.1, 0.15) is 14.5 Å². The summed E-state index contributed by atoms with van der Waals surface area (Å²) in [6.07, 6.45) is 1.57. The lowest BCUT2D eigenvalue weighted by molar-refractivity contribution is -0.117. The Bertz CT molecular complexity index is 1670. The zero-order valence-corrected chi connectivity index (χ0v) is 23.2. The van der Waals surface area contributed by atoms with Gasteiger partial charge in [0.05, 0.1) is 74.3 Å². The summed E-state index contributed by atoms with van der Waals surface area (Å²) in [4.78, 5) is 30.3. The van der Waals surface area contributed by atoms with Gasteiger partial charge in [0.2, 0.25) is 5.91 Å². The molecule has 190 valence electrons. The van der Waals surface area contributed by atoms with E-state index in [9.17, 15) is 9.59 Å². The highest BCUT2D eigenvalue weighted by Crippen LogP contribution is 2.28. The molecule has 4 aromatic rings. The van der Waals surface area contributed by atoms with E-state index in [1.807, 2.05) is 0 Å². The van der Waals surface area contributed by atoms with Crippen molar-refractivity contribution in [3.05, 3.63) is 101 Å². The summed E-state index contributed by atoms with van der Waals surface area (Å²) in [6.45, 7) is -0.146. The highest BCUT2D eigenvalue weighted by molar-refractivity contribution is 6.60. The average Bonchev–Trinajstić information content (AvgIpc) is 2.90. The third-order valence-corrected chi connectivity index (χ3v) is 6.71. The number of nitrogens with one attached hydrogen (secondary N) is 1. The Labute approximate surface area is 263 Å². The summed E-state index contributed by atoms with van der Waals surface area (Å²) in [5.41, 5.74) is 8.15. The van der Waals surface area contributed by atoms with E-state index in [-0.39, 0.29) is 23.3 Å². The monoisotopic (exact) mass is 543 g/mol. The molecule has 0 saturated heterocycles. The molecule has 18 radical (unpaired) electrons. The summed E-state index contributed by atoms with van der Waals surface area (Å²) >= 11 is 0. The van der Waals surface area contributed by atoms with E-state index >= 15 is 0 Å². The fourth-order valence-corrected chi connectivity index (χ4v) is 4.54. The molecule has 1 aromatic heterocycles. The van der Waals surface area contributed by atoms with Gasteiger partial charge in [0.15, 0.2) is 0 Å². The molecule has 0 aliphatic heterocycles. The number of rotatable bonds is 9. The number of anilines is 1. The summed E-state index contributed by atoms with van der Waals surface area (Å²) in [7, 11) is 52.7. The highest BCUT2D eigenvalue weighted by atomic mass is 16.5. The first-order chi connectivity index (χ1) is 19.9. The Kier molecular flexibility index (Phi) is 9.27. The van der Waals surface area contributed by atoms with Gasteiger partial charge in [-0.2, -0.15) is 0 Å². The number of amides is 1. The van der Waals surface area contributed by atoms with Crippen LogP contribution < -0.4 is 16.6 Å². The second kappa shape index (κ2) is 12.3. The maximum absolute atomic E-state index is 13.3. The van der Waals surface area contributed by atoms with E-state index in [1.54, 1.807) is 54.7 Å². The normalized spacial score (nSPS) is 12.9. The molecule has 1 amide bonds. The smallest absolute Gasteiger partial charge is 0.338 e. The van der Waals surface area contributed by atoms with Crippen LogP contribution in [0.3, 0.4) is 0 Å². The molecule has 0 unspecified atom stereocenters. The molecule has 3 aromatic carbocycles. The summed E-state index contributed by atoms with van der Waals surface area (Å²) in [5.74, 6) is -2.44. The number of ether oxygens (including phenoxy) is 1. The van der Waals surface area contributed by atoms with Crippen molar-refractivity contribution in [2.45, 2.75) is 28.1 Å². The van der Waals surface area contributed by atoms with Crippen LogP contribution in [0.25, 0.3) is 10.8 Å². The molecule has 0 fully saturated rings. The zero-order chi connectivity index (χ0) is 31.7. The molecule has 6 nitrogen and oxygen atoms in total. The number of carbonyl (C=O) groups is 2. The summed E-state index contributed by atoms with van der Waals surface area (Å²) < 4.78 is 5.45. The van der Waals surface area contributed by atoms with E-state index in [0.29, 0.717) is 22.4 Å². The highest BCUT2D eigenvalue weighted by Gasteiger charge is 2.32. The number of aromatic nitrogens is 1. The van der Waals surface area contributed by atoms with Gasteiger partial charge in [-0.3, -0.25) is 9.78 Å². The number of carbonyl (C=O) groups excluding carboxylic acids is 2. The second-order valence-corrected chi connectivity index (χ2v) is 10.5. The van der Waals surface area contributed by atoms with E-state index < -0.39 is 33.4 Å². The zero-order valence-electron chi connectivity index (χ0n) is 23.2. The van der Waals surface area contributed by atoms with Crippen molar-refractivity contribution in [1.29, 1.82) is 0 Å². The number of esters is 1. The van der Waals surface area contributed by atoms with Gasteiger partial charge in [-0.05, 0) is 57.1 Å². The van der Waals surface area contributed by atoms with Crippen LogP contribution in [-0.4, -0.2) is 92.8 Å². The van der Waals surface area contributed by atoms with Crippen LogP contribution >= 0.6 is 0 Å². The number of fused-ring (bicyclic) bond motifs is 1. The molecule has 3 N–H and O–H groups in total. The summed E-state index contributed by atoms with van der Waals surface area (Å²) in [6, 6.07) is 17.6. The lowest BCUT2D eigenvalue weighted by Crippen LogP contribution is -2.51. The molecule has 0 saturated carbocycles. The predicted octanol–water partition coefficient (Wildman–Crippen LogP) is -0.711. The SMILES string of the molecule is [B]c1nccc2cc(NC(=O)[C@@H](c3ccc(COC(=O)c4ccc(C([B])([B])[B])cc4C([B])([B])[B])cc3)C([B])([B])N)ccc12. The Balaban J connectivity index is 1.49. The molecule has 0 bridgehead atoms. The Morgan fingerprint density at radius 1 is 0.860 bits per heavy atom. The van der Waals surface area contributed by atoms with Gasteiger partial charge in [0, 0.05) is 11.9 Å². The first-order valence-electron chi connectivity index (χ1n) is 12.9. The number of hydrogen-bond donors (Lipinski definition) is 2. The Morgan fingerprint density at radius 2 is 1.53 bits per heavy atom. The van der Waals surface area contributed by atoms with Crippen molar-refractivity contribution in [3.8, 4) is 0 Å². The molecule has 43 heavy (non-hydrogen) atoms. The standard InChI is InChI=1S/C28H18B9N3O3/c29-23-19-8-6-18(11-16(19)9-10-39-23)40-24(41)22(28(36,37)38)15-3-1-14(2-4-15)13-43-25(42)20-7-5-17(26(30,31)32)12-21(20)27(33,34)35/h1-12,22H,13,38H2,(H,40,41)/t22-/m1/s1. The van der Waals surface area contributed by atoms with Crippen LogP contribution in [0, 0.1) is 0 Å². The minimum absolute atomic E-state index is 0.000624. The second-order valence-electron chi connectivity index (χ2n) is 10.5. The van der Waals surface area contributed by atoms with Gasteiger partial charge in [0.25, 0.3) is 0 Å². The molecule has 0 aliphatic carbocycles. The van der Waals surface area contributed by atoms with Crippen LogP contribution in [0.15, 0.2) is 72.9 Å². The number of hydrogen-bond acceptors (Lipinski definition) is 5. The summed E-state index contributed by atoms with van der Waals surface area (Å²) in [5, 5.41) is -1.21. The quantitative estimate of drug-likeness (QED) is 0.216. The predicted molar refractivity (Wildman–Crippen MR) is 177 cm³/mol. The number of nitrogens with zero attached hydrogens (tertiary/aromatic N) is 1. The molecule has 0 spiro atoms. The van der Waals surface area contributed by atoms with Crippen molar-refractivity contribution < 1.29 is 14.3 Å². The van der Waals surface area contributed by atoms with Gasteiger partial charge < -0.3 is 15.8 Å². The lowest BCUT2D eigenvalue weighted by atomic mass is 9.37. The fourth-order valence-electron chi connectivity index (χ4n) is 4.54. The van der Waals surface area contributed by atoms with Crippen molar-refractivity contribution in [1.82, 2.24) is 4.98 Å². The van der Waals surface area contributed by atoms with Crippen LogP contribution in [0.5, 0.6) is 0 Å². The van der Waals surface area contributed by atoms with Crippen LogP contribution in [0.2, 0.25) is 0 Å². The third kappa shape index (κ3) is 7.75. The molecule has 0 aliphatic rings. The maximum Gasteiger partial charge on any atom is 0.338 e. The molecule has 1 heterocycles. The minimum Gasteiger partial charge on any atom is -0.457 e. The molecule has 4 rings (SSSR count). The fraction of sp³-hybridized carbons (Fsp3) is 0.179. The van der Waals surface area contributed by atoms with Gasteiger partial charge in [-0.25, -0.2) is 4.79 Å². The van der Waals surface area contributed by atoms with Crippen LogP contribution in [-0.2, 0) is 26.4 Å². The van der Waals surface area contributed by atoms with Gasteiger partial charge in [-0.15, -0.1) is 10.2 Å². The number of pyridine rings is 1. The number of benzene rings is 3. The van der Waals surface area contributed by atoms with E-state index in [2.05, 4.69) is 10.3 Å². The molecule has 15 heteroatoms. The van der Waals surface area contributed by atoms with Crippen LogP contribution in [0.1, 0.15) is 38.5 Å². The average molecular weight is 542 g/mol. The van der Waals surface area contributed by atoms with E-state index in [4.69, 9.17) is 81.1 Å². The third-order valence-electron chi connectivity index (χ3n) is 6.71. The minimum atomic E-state index is -1.91. The number of nitrogens with two attached hydrogens (primary N) is 1. The lowest BCUT2D eigenvalue weighted by Gasteiger charge is -2.31. The topological polar surface area (TPSA) is 94.3 Å². The molecular weight excluding hydrogens is 524 g/mol. The first-order valence-corrected chi connectivity index (χ1v) is 12.9. The molecular formula is C28H18B9N3O3. The van der Waals surface area contributed by atoms with Crippen molar-refractivity contribution >= 4 is 105 Å². The largest absolute Gasteiger partial charge is 0.457 e. The maximum atomic E-state index is 13.3. The van der Waals surface area contributed by atoms with Crippen molar-refractivity contribution in [2.75, 3.05) is 5.32 Å². The van der Waals surface area contributed by atoms with E-state index in [0.717, 1.165) is 10.8 Å². The Morgan fingerprint density at radius 3 is 2.14 bits per heavy atom. The van der Waals surface area contributed by atoms with Gasteiger partial charge >= 0.3 is 5.97 Å². The first kappa shape index (κ1) is 32.5. The van der Waals surface area contributed by atoms with Crippen molar-refractivity contribution in [2.24, 2.45) is 5.73 Å². The molecule has 1 atom stereocenters.